The van der Waals surface area contributed by atoms with Gasteiger partial charge in [0, 0.05) is 12.6 Å². The maximum Gasteiger partial charge on any atom is 0.118 e. The lowest BCUT2D eigenvalue weighted by Gasteiger charge is -2.19. The third-order valence-electron chi connectivity index (χ3n) is 3.44. The van der Waals surface area contributed by atoms with Crippen LogP contribution in [-0.4, -0.2) is 25.4 Å². The van der Waals surface area contributed by atoms with Crippen molar-refractivity contribution < 1.29 is 9.84 Å². The topological polar surface area (TPSA) is 41.5 Å². The lowest BCUT2D eigenvalue weighted by molar-refractivity contribution is 0.284. The Morgan fingerprint density at radius 1 is 1.09 bits per heavy atom. The molecule has 0 spiro atoms. The van der Waals surface area contributed by atoms with E-state index in [1.165, 1.54) is 0 Å². The molecule has 0 fully saturated rings. The van der Waals surface area contributed by atoms with Gasteiger partial charge in [-0.3, -0.25) is 0 Å². The molecule has 118 valence electrons. The highest BCUT2D eigenvalue weighted by Gasteiger charge is 2.13. The minimum atomic E-state index is 0.0790. The highest BCUT2D eigenvalue weighted by Crippen LogP contribution is 2.26. The van der Waals surface area contributed by atoms with Gasteiger partial charge in [-0.15, -0.1) is 0 Å². The van der Waals surface area contributed by atoms with Crippen LogP contribution in [0.5, 0.6) is 5.75 Å². The van der Waals surface area contributed by atoms with E-state index in [4.69, 9.17) is 33.0 Å². The number of hydrogen-bond acceptors (Lipinski definition) is 3. The van der Waals surface area contributed by atoms with Crippen LogP contribution in [-0.2, 0) is 6.42 Å². The Morgan fingerprint density at radius 2 is 1.82 bits per heavy atom. The van der Waals surface area contributed by atoms with E-state index in [0.29, 0.717) is 16.6 Å². The summed E-state index contributed by atoms with van der Waals surface area (Å²) in [6, 6.07) is 13.6. The van der Waals surface area contributed by atoms with Crippen molar-refractivity contribution >= 4 is 23.2 Å². The maximum absolute atomic E-state index is 9.07. The third kappa shape index (κ3) is 4.62. The lowest BCUT2D eigenvalue weighted by atomic mass is 9.98. The van der Waals surface area contributed by atoms with Crippen LogP contribution in [0.25, 0.3) is 0 Å². The minimum Gasteiger partial charge on any atom is -0.497 e. The second kappa shape index (κ2) is 8.39. The van der Waals surface area contributed by atoms with E-state index in [1.807, 2.05) is 36.4 Å². The molecule has 1 unspecified atom stereocenters. The van der Waals surface area contributed by atoms with Gasteiger partial charge in [-0.1, -0.05) is 41.4 Å². The van der Waals surface area contributed by atoms with Gasteiger partial charge in [0.25, 0.3) is 0 Å². The molecule has 2 N–H and O–H groups in total. The zero-order valence-corrected chi connectivity index (χ0v) is 13.9. The number of ether oxygens (including phenoxy) is 1. The van der Waals surface area contributed by atoms with Crippen LogP contribution in [0.2, 0.25) is 10.0 Å². The molecule has 0 bridgehead atoms. The van der Waals surface area contributed by atoms with E-state index in [-0.39, 0.29) is 12.6 Å². The van der Waals surface area contributed by atoms with Crippen LogP contribution in [0.15, 0.2) is 42.5 Å². The second-order valence-corrected chi connectivity index (χ2v) is 5.77. The van der Waals surface area contributed by atoms with Crippen LogP contribution in [0.4, 0.5) is 0 Å². The first-order chi connectivity index (χ1) is 10.6. The van der Waals surface area contributed by atoms with Gasteiger partial charge >= 0.3 is 0 Å². The van der Waals surface area contributed by atoms with Gasteiger partial charge in [0.2, 0.25) is 0 Å². The number of methoxy groups -OCH3 is 1. The predicted octanol–water partition coefficient (Wildman–Crippen LogP) is 3.87. The lowest BCUT2D eigenvalue weighted by Crippen LogP contribution is -2.26. The van der Waals surface area contributed by atoms with Crippen molar-refractivity contribution in [2.75, 3.05) is 20.3 Å². The molecule has 0 radical (unpaired) electrons. The van der Waals surface area contributed by atoms with Gasteiger partial charge in [-0.2, -0.15) is 0 Å². The van der Waals surface area contributed by atoms with E-state index in [2.05, 4.69) is 5.32 Å². The van der Waals surface area contributed by atoms with Crippen molar-refractivity contribution in [1.29, 1.82) is 0 Å². The van der Waals surface area contributed by atoms with Crippen molar-refractivity contribution in [3.8, 4) is 5.75 Å². The summed E-state index contributed by atoms with van der Waals surface area (Å²) in [5.74, 6) is 0.819. The van der Waals surface area contributed by atoms with Gasteiger partial charge in [-0.05, 0) is 41.8 Å². The summed E-state index contributed by atoms with van der Waals surface area (Å²) in [4.78, 5) is 0. The maximum atomic E-state index is 9.07. The first kappa shape index (κ1) is 17.1. The fraction of sp³-hybridized carbons (Fsp3) is 0.294. The Balaban J connectivity index is 2.18. The predicted molar refractivity (Wildman–Crippen MR) is 91.0 cm³/mol. The molecule has 0 saturated heterocycles. The van der Waals surface area contributed by atoms with E-state index in [1.54, 1.807) is 13.2 Å². The number of hydrogen-bond donors (Lipinski definition) is 2. The summed E-state index contributed by atoms with van der Waals surface area (Å²) >= 11 is 12.0. The Bertz CT molecular complexity index is 602. The first-order valence-corrected chi connectivity index (χ1v) is 7.81. The molecule has 22 heavy (non-hydrogen) atoms. The molecule has 5 heteroatoms. The first-order valence-electron chi connectivity index (χ1n) is 7.06. The average Bonchev–Trinajstić information content (AvgIpc) is 2.55. The largest absolute Gasteiger partial charge is 0.497 e. The fourth-order valence-corrected chi connectivity index (χ4v) is 2.61. The van der Waals surface area contributed by atoms with Crippen LogP contribution >= 0.6 is 23.2 Å². The summed E-state index contributed by atoms with van der Waals surface area (Å²) in [6.45, 7) is 0.617. The van der Waals surface area contributed by atoms with Gasteiger partial charge in [0.15, 0.2) is 0 Å². The Hall–Kier alpha value is -1.26. The molecule has 3 nitrogen and oxygen atoms in total. The zero-order chi connectivity index (χ0) is 15.9. The van der Waals surface area contributed by atoms with Gasteiger partial charge in [0.1, 0.15) is 5.75 Å². The van der Waals surface area contributed by atoms with Crippen LogP contribution in [0, 0.1) is 0 Å². The normalized spacial score (nSPS) is 12.2. The van der Waals surface area contributed by atoms with Crippen molar-refractivity contribution in [2.24, 2.45) is 0 Å². The number of aliphatic hydroxyl groups is 1. The average molecular weight is 340 g/mol. The monoisotopic (exact) mass is 339 g/mol. The van der Waals surface area contributed by atoms with Crippen molar-refractivity contribution in [3.63, 3.8) is 0 Å². The molecule has 0 saturated carbocycles. The Labute approximate surface area is 140 Å². The van der Waals surface area contributed by atoms with Gasteiger partial charge < -0.3 is 15.2 Å². The molecule has 0 aliphatic carbocycles. The molecular formula is C17H19Cl2NO2. The molecule has 0 heterocycles. The summed E-state index contributed by atoms with van der Waals surface area (Å²) < 4.78 is 5.18. The highest BCUT2D eigenvalue weighted by atomic mass is 35.5. The molecule has 0 aromatic heterocycles. The number of halogens is 2. The van der Waals surface area contributed by atoms with Gasteiger partial charge in [0.05, 0.1) is 23.8 Å². The Kier molecular flexibility index (Phi) is 6.52. The van der Waals surface area contributed by atoms with E-state index >= 15 is 0 Å². The molecule has 2 aromatic rings. The molecule has 0 aliphatic rings. The molecule has 0 aliphatic heterocycles. The van der Waals surface area contributed by atoms with Crippen LogP contribution in [0.1, 0.15) is 17.2 Å². The standard InChI is InChI=1S/C17H19Cl2NO2/c1-22-14-5-3-13(4-6-14)17(20-8-9-21)11-12-2-7-15(18)16(19)10-12/h2-7,10,17,20-21H,8-9,11H2,1H3. The summed E-state index contributed by atoms with van der Waals surface area (Å²) in [5, 5.41) is 13.5. The van der Waals surface area contributed by atoms with Crippen molar-refractivity contribution in [3.05, 3.63) is 63.6 Å². The quantitative estimate of drug-likeness (QED) is 0.804. The number of nitrogens with one attached hydrogen (secondary N) is 1. The highest BCUT2D eigenvalue weighted by molar-refractivity contribution is 6.42. The van der Waals surface area contributed by atoms with Crippen LogP contribution in [0.3, 0.4) is 0 Å². The molecular weight excluding hydrogens is 321 g/mol. The number of rotatable bonds is 7. The molecule has 2 aromatic carbocycles. The van der Waals surface area contributed by atoms with E-state index in [9.17, 15) is 0 Å². The smallest absolute Gasteiger partial charge is 0.118 e. The summed E-state index contributed by atoms with van der Waals surface area (Å²) in [7, 11) is 1.65. The van der Waals surface area contributed by atoms with Crippen LogP contribution < -0.4 is 10.1 Å². The summed E-state index contributed by atoms with van der Waals surface area (Å²) in [5.41, 5.74) is 2.21. The minimum absolute atomic E-state index is 0.0790. The SMILES string of the molecule is COc1ccc(C(Cc2ccc(Cl)c(Cl)c2)NCCO)cc1. The Morgan fingerprint density at radius 3 is 2.41 bits per heavy atom. The number of benzene rings is 2. The van der Waals surface area contributed by atoms with E-state index < -0.39 is 0 Å². The third-order valence-corrected chi connectivity index (χ3v) is 4.18. The molecule has 1 atom stereocenters. The van der Waals surface area contributed by atoms with Gasteiger partial charge in [-0.25, -0.2) is 0 Å². The van der Waals surface area contributed by atoms with Crippen molar-refractivity contribution in [2.45, 2.75) is 12.5 Å². The van der Waals surface area contributed by atoms with Crippen molar-refractivity contribution in [1.82, 2.24) is 5.32 Å². The summed E-state index contributed by atoms with van der Waals surface area (Å²) in [6.07, 6.45) is 0.753. The number of aliphatic hydroxyl groups excluding tert-OH is 1. The molecule has 0 amide bonds. The fourth-order valence-electron chi connectivity index (χ4n) is 2.29. The molecule has 2 rings (SSSR count). The second-order valence-electron chi connectivity index (χ2n) is 4.96. The van der Waals surface area contributed by atoms with E-state index in [0.717, 1.165) is 23.3 Å². The zero-order valence-electron chi connectivity index (χ0n) is 12.4.